The summed E-state index contributed by atoms with van der Waals surface area (Å²) in [5.74, 6) is 0.628. The van der Waals surface area contributed by atoms with Crippen LogP contribution >= 0.6 is 0 Å². The third-order valence-corrected chi connectivity index (χ3v) is 3.38. The molecule has 94 valence electrons. The van der Waals surface area contributed by atoms with Crippen molar-refractivity contribution in [3.8, 4) is 0 Å². The summed E-state index contributed by atoms with van der Waals surface area (Å²) in [5.41, 5.74) is 0. The summed E-state index contributed by atoms with van der Waals surface area (Å²) in [5, 5.41) is 12.1. The van der Waals surface area contributed by atoms with Crippen LogP contribution in [-0.4, -0.2) is 48.7 Å². The van der Waals surface area contributed by atoms with Crippen LogP contribution in [0.3, 0.4) is 0 Å². The fourth-order valence-electron chi connectivity index (χ4n) is 1.88. The van der Waals surface area contributed by atoms with Crippen molar-refractivity contribution < 1.29 is 9.90 Å². The third kappa shape index (κ3) is 4.94. The maximum Gasteiger partial charge on any atom is 0.317 e. The summed E-state index contributed by atoms with van der Waals surface area (Å²) in [6.45, 7) is 8.52. The van der Waals surface area contributed by atoms with Gasteiger partial charge in [-0.15, -0.1) is 0 Å². The molecule has 16 heavy (non-hydrogen) atoms. The minimum absolute atomic E-state index is 0.187. The zero-order chi connectivity index (χ0) is 12.0. The van der Waals surface area contributed by atoms with Gasteiger partial charge >= 0.3 is 5.97 Å². The molecule has 0 aromatic carbocycles. The molecule has 1 heterocycles. The van der Waals surface area contributed by atoms with Crippen molar-refractivity contribution >= 4 is 5.97 Å². The molecular formula is C12H24N2O2. The number of nitrogens with one attached hydrogen (secondary N) is 1. The molecular weight excluding hydrogens is 204 g/mol. The number of hydrogen-bond donors (Lipinski definition) is 2. The van der Waals surface area contributed by atoms with Crippen LogP contribution in [0.5, 0.6) is 0 Å². The second-order valence-electron chi connectivity index (χ2n) is 4.96. The minimum atomic E-state index is -0.712. The lowest BCUT2D eigenvalue weighted by atomic mass is 10.0. The summed E-state index contributed by atoms with van der Waals surface area (Å²) in [4.78, 5) is 12.8. The summed E-state index contributed by atoms with van der Waals surface area (Å²) in [6.07, 6.45) is 2.27. The topological polar surface area (TPSA) is 52.6 Å². The highest BCUT2D eigenvalue weighted by Gasteiger charge is 2.21. The Morgan fingerprint density at radius 2 is 2.25 bits per heavy atom. The van der Waals surface area contributed by atoms with Crippen LogP contribution in [-0.2, 0) is 4.79 Å². The van der Waals surface area contributed by atoms with Gasteiger partial charge in [-0.25, -0.2) is 0 Å². The van der Waals surface area contributed by atoms with Crippen LogP contribution in [0, 0.1) is 11.8 Å². The Morgan fingerprint density at radius 3 is 2.69 bits per heavy atom. The summed E-state index contributed by atoms with van der Waals surface area (Å²) in [6, 6.07) is 0. The standard InChI is InChI=1S/C12H24N2O2/c1-3-10(2)4-5-14(9-12(15)16)8-11-6-13-7-11/h10-11,13H,3-9H2,1-2H3,(H,15,16). The average Bonchev–Trinajstić information content (AvgIpc) is 2.18. The second kappa shape index (κ2) is 6.86. The van der Waals surface area contributed by atoms with Gasteiger partial charge in [0.25, 0.3) is 0 Å². The van der Waals surface area contributed by atoms with Crippen LogP contribution in [0.4, 0.5) is 0 Å². The highest BCUT2D eigenvalue weighted by Crippen LogP contribution is 2.10. The zero-order valence-electron chi connectivity index (χ0n) is 10.4. The number of carboxylic acids is 1. The first-order valence-corrected chi connectivity index (χ1v) is 6.26. The zero-order valence-corrected chi connectivity index (χ0v) is 10.4. The van der Waals surface area contributed by atoms with Gasteiger partial charge in [0.05, 0.1) is 6.54 Å². The molecule has 2 N–H and O–H groups in total. The molecule has 0 aliphatic carbocycles. The van der Waals surface area contributed by atoms with E-state index in [9.17, 15) is 4.79 Å². The molecule has 0 aromatic rings. The van der Waals surface area contributed by atoms with E-state index < -0.39 is 5.97 Å². The highest BCUT2D eigenvalue weighted by molar-refractivity contribution is 5.69. The SMILES string of the molecule is CCC(C)CCN(CC(=O)O)CC1CNC1. The first-order chi connectivity index (χ1) is 7.61. The molecule has 0 spiro atoms. The van der Waals surface area contributed by atoms with Crippen molar-refractivity contribution in [2.24, 2.45) is 11.8 Å². The predicted octanol–water partition coefficient (Wildman–Crippen LogP) is 1.03. The van der Waals surface area contributed by atoms with Crippen molar-refractivity contribution in [1.29, 1.82) is 0 Å². The Morgan fingerprint density at radius 1 is 1.56 bits per heavy atom. The molecule has 0 radical (unpaired) electrons. The van der Waals surface area contributed by atoms with Gasteiger partial charge < -0.3 is 10.4 Å². The van der Waals surface area contributed by atoms with E-state index in [1.165, 1.54) is 6.42 Å². The molecule has 4 heteroatoms. The van der Waals surface area contributed by atoms with Gasteiger partial charge in [-0.05, 0) is 24.8 Å². The lowest BCUT2D eigenvalue weighted by molar-refractivity contribution is -0.138. The maximum atomic E-state index is 10.8. The lowest BCUT2D eigenvalue weighted by Crippen LogP contribution is -2.49. The maximum absolute atomic E-state index is 10.8. The molecule has 1 aliphatic heterocycles. The van der Waals surface area contributed by atoms with E-state index in [2.05, 4.69) is 24.1 Å². The lowest BCUT2D eigenvalue weighted by Gasteiger charge is -2.32. The summed E-state index contributed by atoms with van der Waals surface area (Å²) in [7, 11) is 0. The smallest absolute Gasteiger partial charge is 0.317 e. The Hall–Kier alpha value is -0.610. The van der Waals surface area contributed by atoms with Crippen LogP contribution < -0.4 is 5.32 Å². The molecule has 1 saturated heterocycles. The predicted molar refractivity (Wildman–Crippen MR) is 64.5 cm³/mol. The van der Waals surface area contributed by atoms with Crippen LogP contribution in [0.2, 0.25) is 0 Å². The molecule has 0 aromatic heterocycles. The Labute approximate surface area is 98.0 Å². The average molecular weight is 228 g/mol. The number of rotatable bonds is 8. The van der Waals surface area contributed by atoms with Crippen LogP contribution in [0.25, 0.3) is 0 Å². The Balaban J connectivity index is 2.27. The van der Waals surface area contributed by atoms with E-state index in [0.29, 0.717) is 11.8 Å². The van der Waals surface area contributed by atoms with E-state index >= 15 is 0 Å². The van der Waals surface area contributed by atoms with Crippen molar-refractivity contribution in [2.75, 3.05) is 32.7 Å². The van der Waals surface area contributed by atoms with Crippen molar-refractivity contribution in [1.82, 2.24) is 10.2 Å². The third-order valence-electron chi connectivity index (χ3n) is 3.38. The Kier molecular flexibility index (Phi) is 5.77. The van der Waals surface area contributed by atoms with Gasteiger partial charge in [-0.2, -0.15) is 0 Å². The number of hydrogen-bond acceptors (Lipinski definition) is 3. The molecule has 0 saturated carbocycles. The quantitative estimate of drug-likeness (QED) is 0.651. The normalized spacial score (nSPS) is 18.4. The molecule has 1 aliphatic rings. The number of aliphatic carboxylic acids is 1. The molecule has 0 amide bonds. The van der Waals surface area contributed by atoms with E-state index in [4.69, 9.17) is 5.11 Å². The van der Waals surface area contributed by atoms with E-state index in [-0.39, 0.29) is 6.54 Å². The van der Waals surface area contributed by atoms with Gasteiger partial charge in [0.2, 0.25) is 0 Å². The van der Waals surface area contributed by atoms with Gasteiger partial charge in [0, 0.05) is 19.6 Å². The van der Waals surface area contributed by atoms with Gasteiger partial charge in [-0.1, -0.05) is 20.3 Å². The van der Waals surface area contributed by atoms with Gasteiger partial charge in [0.15, 0.2) is 0 Å². The van der Waals surface area contributed by atoms with E-state index in [0.717, 1.165) is 32.6 Å². The van der Waals surface area contributed by atoms with Gasteiger partial charge in [0.1, 0.15) is 0 Å². The van der Waals surface area contributed by atoms with Crippen molar-refractivity contribution in [3.63, 3.8) is 0 Å². The largest absolute Gasteiger partial charge is 0.480 e. The molecule has 4 nitrogen and oxygen atoms in total. The van der Waals surface area contributed by atoms with E-state index in [1.807, 2.05) is 0 Å². The molecule has 1 atom stereocenters. The van der Waals surface area contributed by atoms with Gasteiger partial charge in [-0.3, -0.25) is 9.69 Å². The summed E-state index contributed by atoms with van der Waals surface area (Å²) < 4.78 is 0. The summed E-state index contributed by atoms with van der Waals surface area (Å²) >= 11 is 0. The molecule has 1 fully saturated rings. The van der Waals surface area contributed by atoms with Crippen LogP contribution in [0.1, 0.15) is 26.7 Å². The first kappa shape index (κ1) is 13.5. The Bertz CT molecular complexity index is 217. The monoisotopic (exact) mass is 228 g/mol. The fourth-order valence-corrected chi connectivity index (χ4v) is 1.88. The molecule has 0 bridgehead atoms. The minimum Gasteiger partial charge on any atom is -0.480 e. The first-order valence-electron chi connectivity index (χ1n) is 6.26. The number of nitrogens with zero attached hydrogens (tertiary/aromatic N) is 1. The highest BCUT2D eigenvalue weighted by atomic mass is 16.4. The van der Waals surface area contributed by atoms with Crippen molar-refractivity contribution in [3.05, 3.63) is 0 Å². The van der Waals surface area contributed by atoms with Crippen LogP contribution in [0.15, 0.2) is 0 Å². The second-order valence-corrected chi connectivity index (χ2v) is 4.96. The molecule has 1 unspecified atom stereocenters. The fraction of sp³-hybridized carbons (Fsp3) is 0.917. The van der Waals surface area contributed by atoms with E-state index in [1.54, 1.807) is 0 Å². The number of carbonyl (C=O) groups is 1. The molecule has 1 rings (SSSR count). The van der Waals surface area contributed by atoms with Crippen molar-refractivity contribution in [2.45, 2.75) is 26.7 Å². The number of carboxylic acid groups (broad SMARTS) is 1.